The van der Waals surface area contributed by atoms with E-state index < -0.39 is 17.5 Å². The highest BCUT2D eigenvalue weighted by Crippen LogP contribution is 2.30. The maximum atomic E-state index is 12.7. The van der Waals surface area contributed by atoms with Crippen molar-refractivity contribution in [2.45, 2.75) is 30.4 Å². The number of fused-ring (bicyclic) bond motifs is 1. The number of aromatic nitrogens is 2. The molecule has 0 aliphatic rings. The number of hydrogen-bond donors (Lipinski definition) is 0. The van der Waals surface area contributed by atoms with Crippen molar-refractivity contribution in [3.05, 3.63) is 63.8 Å². The second-order valence-electron chi connectivity index (χ2n) is 5.29. The molecule has 0 radical (unpaired) electrons. The molecule has 0 bridgehead atoms. The van der Waals surface area contributed by atoms with Gasteiger partial charge in [0.25, 0.3) is 0 Å². The maximum Gasteiger partial charge on any atom is 0.433 e. The van der Waals surface area contributed by atoms with Gasteiger partial charge >= 0.3 is 11.8 Å². The summed E-state index contributed by atoms with van der Waals surface area (Å²) in [5, 5.41) is 0.748. The predicted molar refractivity (Wildman–Crippen MR) is 88.5 cm³/mol. The van der Waals surface area contributed by atoms with Gasteiger partial charge in [-0.05, 0) is 29.7 Å². The zero-order valence-corrected chi connectivity index (χ0v) is 13.9. The molecule has 0 saturated carbocycles. The second-order valence-corrected chi connectivity index (χ2v) is 6.23. The molecule has 2 aromatic heterocycles. The molecule has 130 valence electrons. The number of hydrogen-bond acceptors (Lipinski definition) is 5. The van der Waals surface area contributed by atoms with Crippen LogP contribution in [0.25, 0.3) is 11.0 Å². The fourth-order valence-corrected chi connectivity index (χ4v) is 3.15. The summed E-state index contributed by atoms with van der Waals surface area (Å²) >= 11 is 1.03. The summed E-state index contributed by atoms with van der Waals surface area (Å²) in [5.74, 6) is 0.259. The Balaban J connectivity index is 1.90. The maximum absolute atomic E-state index is 12.7. The van der Waals surface area contributed by atoms with E-state index in [2.05, 4.69) is 9.97 Å². The number of thioether (sulfide) groups is 1. The lowest BCUT2D eigenvalue weighted by Crippen LogP contribution is -2.08. The Bertz CT molecular complexity index is 970. The standard InChI is InChI=1S/C17H13F3N2O2S/c1-2-10-3-4-12-11(8-15(23)24-13(12)7-10)9-25-16-21-6-5-14(22-16)17(18,19)20/h3-8H,2,9H2,1H3. The normalized spacial score (nSPS) is 11.8. The van der Waals surface area contributed by atoms with Crippen LogP contribution in [0.4, 0.5) is 13.2 Å². The Kier molecular flexibility index (Phi) is 4.80. The van der Waals surface area contributed by atoms with Crippen molar-refractivity contribution >= 4 is 22.7 Å². The van der Waals surface area contributed by atoms with Gasteiger partial charge in [-0.15, -0.1) is 0 Å². The summed E-state index contributed by atoms with van der Waals surface area (Å²) < 4.78 is 43.3. The van der Waals surface area contributed by atoms with Crippen molar-refractivity contribution in [3.63, 3.8) is 0 Å². The van der Waals surface area contributed by atoms with Crippen molar-refractivity contribution in [1.82, 2.24) is 9.97 Å². The van der Waals surface area contributed by atoms with Crippen molar-refractivity contribution in [3.8, 4) is 0 Å². The lowest BCUT2D eigenvalue weighted by Gasteiger charge is -2.08. The highest BCUT2D eigenvalue weighted by atomic mass is 32.2. The minimum Gasteiger partial charge on any atom is -0.423 e. The third kappa shape index (κ3) is 4.01. The number of nitrogens with zero attached hydrogens (tertiary/aromatic N) is 2. The molecule has 0 aliphatic carbocycles. The van der Waals surface area contributed by atoms with Crippen molar-refractivity contribution in [2.24, 2.45) is 0 Å². The number of halogens is 3. The highest BCUT2D eigenvalue weighted by molar-refractivity contribution is 7.98. The molecule has 0 fully saturated rings. The number of aryl methyl sites for hydroxylation is 1. The SMILES string of the molecule is CCc1ccc2c(CSc3nccc(C(F)(F)F)n3)cc(=O)oc2c1. The first kappa shape index (κ1) is 17.5. The minimum atomic E-state index is -4.52. The van der Waals surface area contributed by atoms with E-state index in [1.54, 1.807) is 6.07 Å². The third-order valence-corrected chi connectivity index (χ3v) is 4.49. The van der Waals surface area contributed by atoms with Gasteiger partial charge in [0.05, 0.1) is 0 Å². The van der Waals surface area contributed by atoms with E-state index in [1.807, 2.05) is 19.1 Å². The van der Waals surface area contributed by atoms with Crippen molar-refractivity contribution in [1.29, 1.82) is 0 Å². The van der Waals surface area contributed by atoms with Gasteiger partial charge in [0.1, 0.15) is 11.3 Å². The molecule has 25 heavy (non-hydrogen) atoms. The van der Waals surface area contributed by atoms with Crippen LogP contribution in [0, 0.1) is 0 Å². The fraction of sp³-hybridized carbons (Fsp3) is 0.235. The monoisotopic (exact) mass is 366 g/mol. The molecule has 0 atom stereocenters. The molecule has 3 aromatic rings. The van der Waals surface area contributed by atoms with E-state index in [0.29, 0.717) is 11.1 Å². The smallest absolute Gasteiger partial charge is 0.423 e. The largest absolute Gasteiger partial charge is 0.433 e. The molecule has 3 rings (SSSR count). The summed E-state index contributed by atoms with van der Waals surface area (Å²) in [5.41, 5.74) is 0.672. The summed E-state index contributed by atoms with van der Waals surface area (Å²) in [6.45, 7) is 1.99. The zero-order chi connectivity index (χ0) is 18.0. The topological polar surface area (TPSA) is 56.0 Å². The first-order valence-electron chi connectivity index (χ1n) is 7.45. The Hall–Kier alpha value is -2.35. The van der Waals surface area contributed by atoms with E-state index in [1.165, 1.54) is 6.07 Å². The number of benzene rings is 1. The molecule has 0 spiro atoms. The van der Waals surface area contributed by atoms with Gasteiger partial charge < -0.3 is 4.42 Å². The molecule has 0 aliphatic heterocycles. The van der Waals surface area contributed by atoms with E-state index in [0.717, 1.165) is 41.4 Å². The molecule has 2 heterocycles. The second kappa shape index (κ2) is 6.87. The van der Waals surface area contributed by atoms with Crippen LogP contribution in [-0.2, 0) is 18.3 Å². The van der Waals surface area contributed by atoms with Crippen molar-refractivity contribution in [2.75, 3.05) is 0 Å². The van der Waals surface area contributed by atoms with Crippen LogP contribution < -0.4 is 5.63 Å². The Morgan fingerprint density at radius 1 is 1.20 bits per heavy atom. The van der Waals surface area contributed by atoms with Gasteiger partial charge in [-0.2, -0.15) is 13.2 Å². The van der Waals surface area contributed by atoms with Gasteiger partial charge in [0.2, 0.25) is 0 Å². The molecule has 0 saturated heterocycles. The third-order valence-electron chi connectivity index (χ3n) is 3.58. The first-order valence-corrected chi connectivity index (χ1v) is 8.44. The summed E-state index contributed by atoms with van der Waals surface area (Å²) in [6, 6.07) is 7.74. The lowest BCUT2D eigenvalue weighted by atomic mass is 10.1. The van der Waals surface area contributed by atoms with E-state index in [9.17, 15) is 18.0 Å². The van der Waals surface area contributed by atoms with Gasteiger partial charge in [-0.25, -0.2) is 14.8 Å². The molecule has 4 nitrogen and oxygen atoms in total. The van der Waals surface area contributed by atoms with Gasteiger partial charge in [0.15, 0.2) is 5.16 Å². The van der Waals surface area contributed by atoms with E-state index >= 15 is 0 Å². The molecule has 0 amide bonds. The first-order chi connectivity index (χ1) is 11.9. The van der Waals surface area contributed by atoms with Crippen LogP contribution in [0.5, 0.6) is 0 Å². The van der Waals surface area contributed by atoms with Gasteiger partial charge in [-0.3, -0.25) is 0 Å². The lowest BCUT2D eigenvalue weighted by molar-refractivity contribution is -0.141. The summed E-state index contributed by atoms with van der Waals surface area (Å²) in [7, 11) is 0. The van der Waals surface area contributed by atoms with Crippen LogP contribution >= 0.6 is 11.8 Å². The number of rotatable bonds is 4. The molecular formula is C17H13F3N2O2S. The average Bonchev–Trinajstić information content (AvgIpc) is 2.58. The van der Waals surface area contributed by atoms with Crippen LogP contribution in [0.3, 0.4) is 0 Å². The summed E-state index contributed by atoms with van der Waals surface area (Å²) in [6.07, 6.45) is -2.64. The molecule has 0 unspecified atom stereocenters. The number of alkyl halides is 3. The van der Waals surface area contributed by atoms with Crippen LogP contribution in [0.15, 0.2) is 50.9 Å². The molecular weight excluding hydrogens is 353 g/mol. The Morgan fingerprint density at radius 3 is 2.72 bits per heavy atom. The minimum absolute atomic E-state index is 0.00129. The Morgan fingerprint density at radius 2 is 2.00 bits per heavy atom. The van der Waals surface area contributed by atoms with Crippen LogP contribution in [0.2, 0.25) is 0 Å². The fourth-order valence-electron chi connectivity index (χ4n) is 2.32. The quantitative estimate of drug-likeness (QED) is 0.388. The average molecular weight is 366 g/mol. The highest BCUT2D eigenvalue weighted by Gasteiger charge is 2.32. The Labute approximate surface area is 145 Å². The predicted octanol–water partition coefficient (Wildman–Crippen LogP) is 4.46. The van der Waals surface area contributed by atoms with E-state index in [4.69, 9.17) is 4.42 Å². The van der Waals surface area contributed by atoms with Crippen molar-refractivity contribution < 1.29 is 17.6 Å². The molecule has 8 heteroatoms. The zero-order valence-electron chi connectivity index (χ0n) is 13.1. The summed E-state index contributed by atoms with van der Waals surface area (Å²) in [4.78, 5) is 19.1. The van der Waals surface area contributed by atoms with Crippen LogP contribution in [-0.4, -0.2) is 9.97 Å². The van der Waals surface area contributed by atoms with E-state index in [-0.39, 0.29) is 10.9 Å². The van der Waals surface area contributed by atoms with Crippen LogP contribution in [0.1, 0.15) is 23.7 Å². The molecule has 0 N–H and O–H groups in total. The van der Waals surface area contributed by atoms with Gasteiger partial charge in [0, 0.05) is 23.4 Å². The molecule has 1 aromatic carbocycles. The van der Waals surface area contributed by atoms with Gasteiger partial charge in [-0.1, -0.05) is 30.8 Å².